The van der Waals surface area contributed by atoms with Crippen molar-refractivity contribution in [2.75, 3.05) is 13.1 Å². The number of alkyl carbamates (subject to hydrolysis) is 1. The molecule has 118 valence electrons. The molecule has 0 aliphatic carbocycles. The molecule has 2 N–H and O–H groups in total. The van der Waals surface area contributed by atoms with E-state index in [0.717, 1.165) is 0 Å². The van der Waals surface area contributed by atoms with Crippen LogP contribution in [0.2, 0.25) is 0 Å². The summed E-state index contributed by atoms with van der Waals surface area (Å²) >= 11 is 0. The first-order valence-corrected chi connectivity index (χ1v) is 6.85. The summed E-state index contributed by atoms with van der Waals surface area (Å²) in [6.07, 6.45) is -3.42. The SMILES string of the molecule is CC(C)(C)OC(=O)NCC[C@@H]1CCN[C@H](C(F)(F)F)C1. The summed E-state index contributed by atoms with van der Waals surface area (Å²) in [7, 11) is 0. The minimum absolute atomic E-state index is 0.0298. The number of carbonyl (C=O) groups is 1. The Morgan fingerprint density at radius 1 is 1.35 bits per heavy atom. The summed E-state index contributed by atoms with van der Waals surface area (Å²) in [5, 5.41) is 5.06. The third kappa shape index (κ3) is 6.45. The molecule has 0 unspecified atom stereocenters. The molecule has 0 aromatic rings. The zero-order valence-corrected chi connectivity index (χ0v) is 12.1. The molecule has 1 heterocycles. The van der Waals surface area contributed by atoms with E-state index in [1.165, 1.54) is 0 Å². The van der Waals surface area contributed by atoms with E-state index in [0.29, 0.717) is 25.9 Å². The van der Waals surface area contributed by atoms with Crippen LogP contribution in [0.1, 0.15) is 40.0 Å². The lowest BCUT2D eigenvalue weighted by atomic mass is 9.89. The molecule has 0 saturated carbocycles. The molecule has 0 spiro atoms. The Labute approximate surface area is 117 Å². The number of carbonyl (C=O) groups excluding carboxylic acids is 1. The maximum atomic E-state index is 12.6. The van der Waals surface area contributed by atoms with Gasteiger partial charge in [-0.15, -0.1) is 0 Å². The molecule has 0 bridgehead atoms. The second-order valence-corrected chi connectivity index (χ2v) is 6.16. The van der Waals surface area contributed by atoms with Crippen LogP contribution in [0.5, 0.6) is 0 Å². The molecule has 1 aliphatic rings. The van der Waals surface area contributed by atoms with Crippen LogP contribution in [-0.4, -0.2) is 37.0 Å². The maximum Gasteiger partial charge on any atom is 0.407 e. The van der Waals surface area contributed by atoms with Crippen molar-refractivity contribution in [3.63, 3.8) is 0 Å². The van der Waals surface area contributed by atoms with E-state index in [9.17, 15) is 18.0 Å². The minimum Gasteiger partial charge on any atom is -0.444 e. The zero-order valence-electron chi connectivity index (χ0n) is 12.1. The third-order valence-corrected chi connectivity index (χ3v) is 3.13. The predicted molar refractivity (Wildman–Crippen MR) is 69.4 cm³/mol. The molecule has 2 atom stereocenters. The molecule has 1 rings (SSSR count). The second kappa shape index (κ2) is 6.65. The summed E-state index contributed by atoms with van der Waals surface area (Å²) in [6.45, 7) is 5.97. The molecule has 7 heteroatoms. The van der Waals surface area contributed by atoms with Crippen molar-refractivity contribution in [2.45, 2.75) is 57.9 Å². The lowest BCUT2D eigenvalue weighted by Crippen LogP contribution is -2.48. The Bertz CT molecular complexity index is 327. The van der Waals surface area contributed by atoms with Crippen LogP contribution in [-0.2, 0) is 4.74 Å². The van der Waals surface area contributed by atoms with Crippen LogP contribution < -0.4 is 10.6 Å². The summed E-state index contributed by atoms with van der Waals surface area (Å²) in [5.74, 6) is -0.0298. The predicted octanol–water partition coefficient (Wildman–Crippen LogP) is 2.83. The maximum absolute atomic E-state index is 12.6. The molecule has 20 heavy (non-hydrogen) atoms. The van der Waals surface area contributed by atoms with Crippen molar-refractivity contribution in [3.05, 3.63) is 0 Å². The number of halogens is 3. The Hall–Kier alpha value is -0.980. The van der Waals surface area contributed by atoms with Crippen LogP contribution in [0.25, 0.3) is 0 Å². The van der Waals surface area contributed by atoms with Crippen LogP contribution in [0.3, 0.4) is 0 Å². The standard InChI is InChI=1S/C13H23F3N2O2/c1-12(2,3)20-11(19)18-7-5-9-4-6-17-10(8-9)13(14,15)16/h9-10,17H,4-8H2,1-3H3,(H,18,19)/t9-,10-/m0/s1. The monoisotopic (exact) mass is 296 g/mol. The molecule has 1 aliphatic heterocycles. The molecular formula is C13H23F3N2O2. The van der Waals surface area contributed by atoms with Crippen molar-refractivity contribution >= 4 is 6.09 Å². The number of hydrogen-bond donors (Lipinski definition) is 2. The number of amides is 1. The van der Waals surface area contributed by atoms with E-state index in [1.807, 2.05) is 0 Å². The van der Waals surface area contributed by atoms with E-state index in [2.05, 4.69) is 10.6 Å². The summed E-state index contributed by atoms with van der Waals surface area (Å²) in [4.78, 5) is 11.4. The first-order valence-electron chi connectivity index (χ1n) is 6.85. The highest BCUT2D eigenvalue weighted by atomic mass is 19.4. The minimum atomic E-state index is -4.20. The van der Waals surface area contributed by atoms with Crippen molar-refractivity contribution in [2.24, 2.45) is 5.92 Å². The normalized spacial score (nSPS) is 24.3. The average Bonchev–Trinajstić information content (AvgIpc) is 2.25. The lowest BCUT2D eigenvalue weighted by Gasteiger charge is -2.31. The highest BCUT2D eigenvalue weighted by molar-refractivity contribution is 5.67. The van der Waals surface area contributed by atoms with E-state index < -0.39 is 23.9 Å². The highest BCUT2D eigenvalue weighted by Crippen LogP contribution is 2.30. The van der Waals surface area contributed by atoms with Gasteiger partial charge in [0.05, 0.1) is 0 Å². The van der Waals surface area contributed by atoms with Gasteiger partial charge in [0.25, 0.3) is 0 Å². The zero-order chi connectivity index (χ0) is 15.4. The number of alkyl halides is 3. The summed E-state index contributed by atoms with van der Waals surface area (Å²) in [5.41, 5.74) is -0.569. The van der Waals surface area contributed by atoms with E-state index in [1.54, 1.807) is 20.8 Å². The van der Waals surface area contributed by atoms with Gasteiger partial charge in [-0.3, -0.25) is 0 Å². The van der Waals surface area contributed by atoms with Crippen molar-refractivity contribution in [1.29, 1.82) is 0 Å². The fourth-order valence-electron chi connectivity index (χ4n) is 2.20. The topological polar surface area (TPSA) is 50.4 Å². The summed E-state index contributed by atoms with van der Waals surface area (Å²) < 4.78 is 42.9. The fraction of sp³-hybridized carbons (Fsp3) is 0.923. The van der Waals surface area contributed by atoms with E-state index >= 15 is 0 Å². The van der Waals surface area contributed by atoms with Crippen LogP contribution in [0.4, 0.5) is 18.0 Å². The molecule has 0 aromatic heterocycles. The number of rotatable bonds is 3. The van der Waals surface area contributed by atoms with Gasteiger partial charge >= 0.3 is 12.3 Å². The van der Waals surface area contributed by atoms with Gasteiger partial charge in [0.15, 0.2) is 0 Å². The molecule has 1 fully saturated rings. The van der Waals surface area contributed by atoms with Gasteiger partial charge in [-0.25, -0.2) is 4.79 Å². The molecule has 1 amide bonds. The largest absolute Gasteiger partial charge is 0.444 e. The fourth-order valence-corrected chi connectivity index (χ4v) is 2.20. The Balaban J connectivity index is 2.27. The van der Waals surface area contributed by atoms with Crippen molar-refractivity contribution in [3.8, 4) is 0 Å². The molecule has 4 nitrogen and oxygen atoms in total. The molecular weight excluding hydrogens is 273 g/mol. The van der Waals surface area contributed by atoms with E-state index in [4.69, 9.17) is 4.74 Å². The first kappa shape index (κ1) is 17.1. The third-order valence-electron chi connectivity index (χ3n) is 3.13. The smallest absolute Gasteiger partial charge is 0.407 e. The Morgan fingerprint density at radius 2 is 2.00 bits per heavy atom. The summed E-state index contributed by atoms with van der Waals surface area (Å²) in [6, 6.07) is -1.43. The van der Waals surface area contributed by atoms with Crippen LogP contribution in [0, 0.1) is 5.92 Å². The number of piperidine rings is 1. The second-order valence-electron chi connectivity index (χ2n) is 6.16. The van der Waals surface area contributed by atoms with Gasteiger partial charge < -0.3 is 15.4 Å². The Kier molecular flexibility index (Phi) is 5.68. The van der Waals surface area contributed by atoms with Gasteiger partial charge in [0, 0.05) is 6.54 Å². The number of nitrogens with one attached hydrogen (secondary N) is 2. The van der Waals surface area contributed by atoms with Gasteiger partial charge in [-0.1, -0.05) is 0 Å². The first-order chi connectivity index (χ1) is 9.08. The number of hydrogen-bond acceptors (Lipinski definition) is 3. The van der Waals surface area contributed by atoms with E-state index in [-0.39, 0.29) is 12.3 Å². The highest BCUT2D eigenvalue weighted by Gasteiger charge is 2.42. The lowest BCUT2D eigenvalue weighted by molar-refractivity contribution is -0.163. The quantitative estimate of drug-likeness (QED) is 0.842. The number of ether oxygens (including phenoxy) is 1. The van der Waals surface area contributed by atoms with Crippen molar-refractivity contribution < 1.29 is 22.7 Å². The van der Waals surface area contributed by atoms with Gasteiger partial charge in [0.2, 0.25) is 0 Å². The molecule has 0 radical (unpaired) electrons. The van der Waals surface area contributed by atoms with Gasteiger partial charge in [0.1, 0.15) is 11.6 Å². The van der Waals surface area contributed by atoms with Gasteiger partial charge in [-0.05, 0) is 52.5 Å². The van der Waals surface area contributed by atoms with Crippen LogP contribution >= 0.6 is 0 Å². The van der Waals surface area contributed by atoms with Crippen molar-refractivity contribution in [1.82, 2.24) is 10.6 Å². The Morgan fingerprint density at radius 3 is 2.55 bits per heavy atom. The molecule has 0 aromatic carbocycles. The average molecular weight is 296 g/mol. The molecule has 1 saturated heterocycles. The van der Waals surface area contributed by atoms with Crippen LogP contribution in [0.15, 0.2) is 0 Å². The van der Waals surface area contributed by atoms with Gasteiger partial charge in [-0.2, -0.15) is 13.2 Å².